The molecule has 2 heterocycles. The van der Waals surface area contributed by atoms with Crippen LogP contribution >= 0.6 is 11.3 Å². The number of aromatic amines is 1. The molecule has 6 nitrogen and oxygen atoms in total. The molecule has 0 aliphatic heterocycles. The van der Waals surface area contributed by atoms with Gasteiger partial charge in [0.2, 0.25) is 0 Å². The summed E-state index contributed by atoms with van der Waals surface area (Å²) in [6, 6.07) is 4.16. The lowest BCUT2D eigenvalue weighted by Gasteiger charge is -2.08. The molecule has 0 fully saturated rings. The van der Waals surface area contributed by atoms with Gasteiger partial charge >= 0.3 is 6.18 Å². The molecule has 0 saturated heterocycles. The van der Waals surface area contributed by atoms with E-state index in [1.54, 1.807) is 6.92 Å². The van der Waals surface area contributed by atoms with Crippen molar-refractivity contribution < 1.29 is 18.0 Å². The van der Waals surface area contributed by atoms with Crippen molar-refractivity contribution in [2.24, 2.45) is 0 Å². The van der Waals surface area contributed by atoms with Crippen LogP contribution in [0, 0.1) is 6.92 Å². The normalized spacial score (nSPS) is 12.0. The third kappa shape index (κ3) is 4.07. The van der Waals surface area contributed by atoms with Gasteiger partial charge in [-0.05, 0) is 50.8 Å². The number of hydrogen-bond acceptors (Lipinski definition) is 5. The molecule has 1 amide bonds. The summed E-state index contributed by atoms with van der Waals surface area (Å²) in [5, 5.41) is 2.90. The summed E-state index contributed by atoms with van der Waals surface area (Å²) in [5.41, 5.74) is -0.420. The van der Waals surface area contributed by atoms with Gasteiger partial charge < -0.3 is 15.2 Å². The van der Waals surface area contributed by atoms with Crippen LogP contribution in [-0.2, 0) is 12.7 Å². The van der Waals surface area contributed by atoms with Crippen molar-refractivity contribution in [1.29, 1.82) is 0 Å². The number of nitrogens with zero attached hydrogens (tertiary/aromatic N) is 2. The molecular weight excluding hydrogens is 393 g/mol. The predicted molar refractivity (Wildman–Crippen MR) is 102 cm³/mol. The highest BCUT2D eigenvalue weighted by Crippen LogP contribution is 2.31. The zero-order chi connectivity index (χ0) is 20.6. The minimum Gasteiger partial charge on any atom is -0.321 e. The molecule has 1 aromatic carbocycles. The lowest BCUT2D eigenvalue weighted by atomic mass is 10.2. The highest BCUT2D eigenvalue weighted by molar-refractivity contribution is 7.20. The molecule has 28 heavy (non-hydrogen) atoms. The Morgan fingerprint density at radius 3 is 2.46 bits per heavy atom. The first-order valence-corrected chi connectivity index (χ1v) is 9.03. The first-order chi connectivity index (χ1) is 13.1. The summed E-state index contributed by atoms with van der Waals surface area (Å²) in [6.07, 6.45) is -4.44. The number of alkyl halides is 3. The number of hydrogen-bond donors (Lipinski definition) is 2. The fourth-order valence-electron chi connectivity index (χ4n) is 2.71. The van der Waals surface area contributed by atoms with Crippen molar-refractivity contribution in [2.75, 3.05) is 19.4 Å². The van der Waals surface area contributed by atoms with Gasteiger partial charge in [0, 0.05) is 5.69 Å². The number of amides is 1. The van der Waals surface area contributed by atoms with E-state index < -0.39 is 17.6 Å². The molecular formula is C18H17F3N4O2S. The molecule has 2 aromatic heterocycles. The average Bonchev–Trinajstić information content (AvgIpc) is 2.91. The summed E-state index contributed by atoms with van der Waals surface area (Å²) in [6.45, 7) is 2.08. The Morgan fingerprint density at radius 2 is 1.89 bits per heavy atom. The van der Waals surface area contributed by atoms with Crippen LogP contribution in [0.2, 0.25) is 0 Å². The van der Waals surface area contributed by atoms with Gasteiger partial charge in [-0.15, -0.1) is 11.3 Å². The second-order valence-corrected chi connectivity index (χ2v) is 7.52. The van der Waals surface area contributed by atoms with Crippen LogP contribution in [0.25, 0.3) is 10.2 Å². The third-order valence-corrected chi connectivity index (χ3v) is 5.18. The quantitative estimate of drug-likeness (QED) is 0.689. The molecule has 148 valence electrons. The topological polar surface area (TPSA) is 78.1 Å². The molecule has 0 aliphatic carbocycles. The van der Waals surface area contributed by atoms with E-state index in [-0.39, 0.29) is 16.1 Å². The maximum Gasteiger partial charge on any atom is 0.416 e. The highest BCUT2D eigenvalue weighted by Gasteiger charge is 2.30. The number of aryl methyl sites for hydroxylation is 1. The number of aromatic nitrogens is 2. The van der Waals surface area contributed by atoms with E-state index in [9.17, 15) is 22.8 Å². The van der Waals surface area contributed by atoms with Crippen molar-refractivity contribution in [2.45, 2.75) is 19.6 Å². The minimum absolute atomic E-state index is 0.227. The van der Waals surface area contributed by atoms with Crippen molar-refractivity contribution in [3.8, 4) is 0 Å². The summed E-state index contributed by atoms with van der Waals surface area (Å²) < 4.78 is 37.9. The Morgan fingerprint density at radius 1 is 1.25 bits per heavy atom. The summed E-state index contributed by atoms with van der Waals surface area (Å²) in [5.74, 6) is -0.0211. The van der Waals surface area contributed by atoms with Gasteiger partial charge in [0.15, 0.2) is 0 Å². The fourth-order valence-corrected chi connectivity index (χ4v) is 3.81. The second-order valence-electron chi connectivity index (χ2n) is 6.52. The third-order valence-electron chi connectivity index (χ3n) is 3.99. The average molecular weight is 410 g/mol. The number of carbonyl (C=O) groups excluding carboxylic acids is 1. The van der Waals surface area contributed by atoms with Crippen molar-refractivity contribution in [1.82, 2.24) is 14.9 Å². The number of anilines is 1. The number of nitrogens with one attached hydrogen (secondary N) is 2. The zero-order valence-corrected chi connectivity index (χ0v) is 16.1. The maximum absolute atomic E-state index is 12.6. The van der Waals surface area contributed by atoms with Crippen LogP contribution in [0.3, 0.4) is 0 Å². The number of H-pyrrole nitrogens is 1. The zero-order valence-electron chi connectivity index (χ0n) is 15.3. The van der Waals surface area contributed by atoms with Crippen molar-refractivity contribution in [3.05, 3.63) is 56.4 Å². The lowest BCUT2D eigenvalue weighted by Crippen LogP contribution is -2.18. The van der Waals surface area contributed by atoms with Crippen LogP contribution in [0.4, 0.5) is 18.9 Å². The first kappa shape index (κ1) is 20.0. The Balaban J connectivity index is 1.90. The molecule has 0 atom stereocenters. The Hall–Kier alpha value is -2.72. The van der Waals surface area contributed by atoms with Gasteiger partial charge in [0.05, 0.1) is 22.4 Å². The van der Waals surface area contributed by atoms with Gasteiger partial charge in [0.25, 0.3) is 11.5 Å². The number of thiophene rings is 1. The van der Waals surface area contributed by atoms with Gasteiger partial charge in [-0.3, -0.25) is 9.59 Å². The van der Waals surface area contributed by atoms with E-state index in [1.165, 1.54) is 12.1 Å². The molecule has 0 saturated carbocycles. The maximum atomic E-state index is 12.6. The summed E-state index contributed by atoms with van der Waals surface area (Å²) in [4.78, 5) is 34.7. The Labute approximate surface area is 162 Å². The molecule has 3 rings (SSSR count). The van der Waals surface area contributed by atoms with Gasteiger partial charge in [0.1, 0.15) is 10.7 Å². The van der Waals surface area contributed by atoms with Gasteiger partial charge in [-0.25, -0.2) is 4.98 Å². The summed E-state index contributed by atoms with van der Waals surface area (Å²) >= 11 is 1.07. The van der Waals surface area contributed by atoms with E-state index in [0.29, 0.717) is 28.1 Å². The summed E-state index contributed by atoms with van der Waals surface area (Å²) in [7, 11) is 3.68. The monoisotopic (exact) mass is 410 g/mol. The van der Waals surface area contributed by atoms with E-state index >= 15 is 0 Å². The van der Waals surface area contributed by atoms with E-state index in [0.717, 1.165) is 23.5 Å². The van der Waals surface area contributed by atoms with E-state index in [4.69, 9.17) is 0 Å². The van der Waals surface area contributed by atoms with Crippen LogP contribution in [0.15, 0.2) is 29.1 Å². The molecule has 0 unspecified atom stereocenters. The highest BCUT2D eigenvalue weighted by atomic mass is 32.1. The van der Waals surface area contributed by atoms with E-state index in [1.807, 2.05) is 19.0 Å². The van der Waals surface area contributed by atoms with Gasteiger partial charge in [-0.1, -0.05) is 0 Å². The number of rotatable bonds is 4. The van der Waals surface area contributed by atoms with E-state index in [2.05, 4.69) is 15.3 Å². The lowest BCUT2D eigenvalue weighted by molar-refractivity contribution is -0.137. The standard InChI is InChI=1S/C18H17F3N4O2S/c1-9-13-15(26)23-12(8-25(2)3)24-17(13)28-14(9)16(27)22-11-6-4-10(5-7-11)18(19,20)21/h4-7H,8H2,1-3H3,(H,22,27)(H,23,24,26). The minimum atomic E-state index is -4.44. The first-order valence-electron chi connectivity index (χ1n) is 8.22. The molecule has 0 spiro atoms. The van der Waals surface area contributed by atoms with Crippen LogP contribution in [0.1, 0.15) is 26.6 Å². The number of benzene rings is 1. The predicted octanol–water partition coefficient (Wildman–Crippen LogP) is 3.63. The van der Waals surface area contributed by atoms with Crippen LogP contribution < -0.4 is 10.9 Å². The Bertz CT molecular complexity index is 1090. The fraction of sp³-hybridized carbons (Fsp3) is 0.278. The van der Waals surface area contributed by atoms with Gasteiger partial charge in [-0.2, -0.15) is 13.2 Å². The van der Waals surface area contributed by atoms with Crippen LogP contribution in [0.5, 0.6) is 0 Å². The molecule has 10 heteroatoms. The number of fused-ring (bicyclic) bond motifs is 1. The number of halogens is 3. The number of carbonyl (C=O) groups is 1. The molecule has 0 bridgehead atoms. The molecule has 2 N–H and O–H groups in total. The molecule has 0 radical (unpaired) electrons. The van der Waals surface area contributed by atoms with Crippen LogP contribution in [-0.4, -0.2) is 34.9 Å². The van der Waals surface area contributed by atoms with Crippen molar-refractivity contribution >= 4 is 33.1 Å². The SMILES string of the molecule is Cc1c(C(=O)Nc2ccc(C(F)(F)F)cc2)sc2nc(CN(C)C)[nH]c(=O)c12. The smallest absolute Gasteiger partial charge is 0.321 e. The Kier molecular flexibility index (Phi) is 5.26. The second kappa shape index (κ2) is 7.36. The van der Waals surface area contributed by atoms with Crippen molar-refractivity contribution in [3.63, 3.8) is 0 Å². The molecule has 0 aliphatic rings. The molecule has 3 aromatic rings. The largest absolute Gasteiger partial charge is 0.416 e.